The Labute approximate surface area is 147 Å². The summed E-state index contributed by atoms with van der Waals surface area (Å²) in [5.74, 6) is 0. The molecule has 0 radical (unpaired) electrons. The lowest BCUT2D eigenvalue weighted by Gasteiger charge is -2.42. The van der Waals surface area contributed by atoms with Gasteiger partial charge in [0, 0.05) is 0 Å². The molecule has 24 heavy (non-hydrogen) atoms. The molecule has 0 N–H and O–H groups in total. The van der Waals surface area contributed by atoms with Crippen molar-refractivity contribution in [2.75, 3.05) is 6.61 Å². The van der Waals surface area contributed by atoms with E-state index < -0.39 is 8.32 Å². The van der Waals surface area contributed by atoms with E-state index in [1.165, 1.54) is 10.4 Å². The summed E-state index contributed by atoms with van der Waals surface area (Å²) in [6.45, 7) is 13.4. The summed E-state index contributed by atoms with van der Waals surface area (Å²) < 4.78 is 6.75. The maximum absolute atomic E-state index is 6.75. The summed E-state index contributed by atoms with van der Waals surface area (Å²) in [5.41, 5.74) is 1.15. The molecule has 2 aromatic rings. The zero-order valence-corrected chi connectivity index (χ0v) is 16.3. The third-order valence-electron chi connectivity index (χ3n) is 4.44. The van der Waals surface area contributed by atoms with Crippen molar-refractivity contribution >= 4 is 18.7 Å². The molecule has 0 saturated carbocycles. The SMILES string of the molecule is C=C/C(C)=C/CO[Si](c1ccccc1)(c1ccccc1)C(C)(C)C. The van der Waals surface area contributed by atoms with Gasteiger partial charge in [0.15, 0.2) is 0 Å². The number of hydrogen-bond donors (Lipinski definition) is 0. The molecule has 0 heterocycles. The molecule has 2 rings (SSSR count). The van der Waals surface area contributed by atoms with E-state index in [9.17, 15) is 0 Å². The second kappa shape index (κ2) is 7.78. The van der Waals surface area contributed by atoms with E-state index in [-0.39, 0.29) is 5.04 Å². The summed E-state index contributed by atoms with van der Waals surface area (Å²) in [6.07, 6.45) is 3.99. The average Bonchev–Trinajstić information content (AvgIpc) is 2.59. The third kappa shape index (κ3) is 3.77. The second-order valence-electron chi connectivity index (χ2n) is 7.13. The highest BCUT2D eigenvalue weighted by atomic mass is 28.4. The number of hydrogen-bond acceptors (Lipinski definition) is 1. The van der Waals surface area contributed by atoms with Gasteiger partial charge in [0.05, 0.1) is 6.61 Å². The van der Waals surface area contributed by atoms with Crippen LogP contribution in [0, 0.1) is 0 Å². The van der Waals surface area contributed by atoms with Crippen LogP contribution >= 0.6 is 0 Å². The molecule has 1 nitrogen and oxygen atoms in total. The molecule has 0 atom stereocenters. The molecule has 0 aliphatic carbocycles. The van der Waals surface area contributed by atoms with Crippen LogP contribution < -0.4 is 10.4 Å². The predicted molar refractivity (Wildman–Crippen MR) is 108 cm³/mol. The van der Waals surface area contributed by atoms with Gasteiger partial charge in [-0.1, -0.05) is 106 Å². The van der Waals surface area contributed by atoms with Crippen LogP contribution in [0.5, 0.6) is 0 Å². The lowest BCUT2D eigenvalue weighted by molar-refractivity contribution is 0.339. The van der Waals surface area contributed by atoms with E-state index in [1.807, 2.05) is 6.08 Å². The molecule has 0 aromatic heterocycles. The van der Waals surface area contributed by atoms with Crippen molar-refractivity contribution in [2.45, 2.75) is 32.7 Å². The molecule has 0 unspecified atom stereocenters. The molecule has 2 aromatic carbocycles. The molecule has 0 amide bonds. The van der Waals surface area contributed by atoms with E-state index in [4.69, 9.17) is 4.43 Å². The molecule has 0 spiro atoms. The molecule has 0 fully saturated rings. The lowest BCUT2D eigenvalue weighted by Crippen LogP contribution is -2.66. The van der Waals surface area contributed by atoms with Crippen molar-refractivity contribution in [3.63, 3.8) is 0 Å². The first-order valence-corrected chi connectivity index (χ1v) is 10.4. The van der Waals surface area contributed by atoms with Gasteiger partial charge in [0.1, 0.15) is 0 Å². The van der Waals surface area contributed by atoms with Crippen molar-refractivity contribution < 1.29 is 4.43 Å². The van der Waals surface area contributed by atoms with Gasteiger partial charge < -0.3 is 4.43 Å². The second-order valence-corrected chi connectivity index (χ2v) is 11.4. The minimum atomic E-state index is -2.41. The van der Waals surface area contributed by atoms with Gasteiger partial charge in [0.25, 0.3) is 8.32 Å². The maximum Gasteiger partial charge on any atom is 0.261 e. The van der Waals surface area contributed by atoms with Gasteiger partial charge in [-0.2, -0.15) is 0 Å². The fraction of sp³-hybridized carbons (Fsp3) is 0.273. The van der Waals surface area contributed by atoms with Gasteiger partial charge in [-0.15, -0.1) is 0 Å². The highest BCUT2D eigenvalue weighted by Gasteiger charge is 2.49. The quantitative estimate of drug-likeness (QED) is 0.549. The van der Waals surface area contributed by atoms with E-state index in [0.29, 0.717) is 6.61 Å². The van der Waals surface area contributed by atoms with Crippen LogP contribution in [0.4, 0.5) is 0 Å². The fourth-order valence-corrected chi connectivity index (χ4v) is 7.63. The fourth-order valence-electron chi connectivity index (χ4n) is 3.14. The summed E-state index contributed by atoms with van der Waals surface area (Å²) in [4.78, 5) is 0. The number of rotatable bonds is 6. The highest BCUT2D eigenvalue weighted by Crippen LogP contribution is 2.36. The van der Waals surface area contributed by atoms with Crippen molar-refractivity contribution in [1.29, 1.82) is 0 Å². The van der Waals surface area contributed by atoms with E-state index >= 15 is 0 Å². The van der Waals surface area contributed by atoms with Crippen LogP contribution in [-0.4, -0.2) is 14.9 Å². The van der Waals surface area contributed by atoms with Crippen molar-refractivity contribution in [2.24, 2.45) is 0 Å². The Kier molecular flexibility index (Phi) is 5.98. The predicted octanol–water partition coefficient (Wildman–Crippen LogP) is 4.70. The molecular weight excluding hydrogens is 308 g/mol. The molecule has 0 aliphatic rings. The molecule has 126 valence electrons. The van der Waals surface area contributed by atoms with Crippen LogP contribution in [-0.2, 0) is 4.43 Å². The van der Waals surface area contributed by atoms with Gasteiger partial charge in [-0.05, 0) is 22.3 Å². The number of benzene rings is 2. The Morgan fingerprint density at radius 2 is 1.42 bits per heavy atom. The highest BCUT2D eigenvalue weighted by molar-refractivity contribution is 6.99. The lowest BCUT2D eigenvalue weighted by atomic mass is 10.2. The van der Waals surface area contributed by atoms with Crippen molar-refractivity contribution in [1.82, 2.24) is 0 Å². The Hall–Kier alpha value is -1.90. The monoisotopic (exact) mass is 336 g/mol. The normalized spacial score (nSPS) is 12.9. The smallest absolute Gasteiger partial charge is 0.261 e. The first-order valence-electron chi connectivity index (χ1n) is 8.46. The van der Waals surface area contributed by atoms with Gasteiger partial charge in [0.2, 0.25) is 0 Å². The van der Waals surface area contributed by atoms with Crippen molar-refractivity contribution in [3.05, 3.63) is 85.0 Å². The van der Waals surface area contributed by atoms with Gasteiger partial charge >= 0.3 is 0 Å². The van der Waals surface area contributed by atoms with Crippen LogP contribution in [0.2, 0.25) is 5.04 Å². The standard InChI is InChI=1S/C22H28OSi/c1-6-19(2)17-18-23-24(22(3,4)5,20-13-9-7-10-14-20)21-15-11-8-12-16-21/h6-17H,1,18H2,2-5H3/b19-17+. The zero-order chi connectivity index (χ0) is 17.6. The van der Waals surface area contributed by atoms with Crippen LogP contribution in [0.3, 0.4) is 0 Å². The van der Waals surface area contributed by atoms with E-state index in [1.54, 1.807) is 0 Å². The topological polar surface area (TPSA) is 9.23 Å². The molecule has 0 bridgehead atoms. The summed E-state index contributed by atoms with van der Waals surface area (Å²) >= 11 is 0. The first kappa shape index (κ1) is 18.4. The average molecular weight is 337 g/mol. The Bertz CT molecular complexity index is 641. The molecule has 2 heteroatoms. The largest absolute Gasteiger partial charge is 0.404 e. The Morgan fingerprint density at radius 3 is 1.79 bits per heavy atom. The van der Waals surface area contributed by atoms with Crippen LogP contribution in [0.15, 0.2) is 85.0 Å². The minimum Gasteiger partial charge on any atom is -0.404 e. The van der Waals surface area contributed by atoms with Crippen LogP contribution in [0.1, 0.15) is 27.7 Å². The maximum atomic E-state index is 6.75. The summed E-state index contributed by atoms with van der Waals surface area (Å²) in [5, 5.41) is 2.65. The molecular formula is C22H28OSi. The van der Waals surface area contributed by atoms with E-state index in [2.05, 4.69) is 101 Å². The Morgan fingerprint density at radius 1 is 0.958 bits per heavy atom. The van der Waals surface area contributed by atoms with Crippen LogP contribution in [0.25, 0.3) is 0 Å². The first-order chi connectivity index (χ1) is 11.4. The third-order valence-corrected chi connectivity index (χ3v) is 9.45. The summed E-state index contributed by atoms with van der Waals surface area (Å²) in [6, 6.07) is 21.4. The summed E-state index contributed by atoms with van der Waals surface area (Å²) in [7, 11) is -2.41. The number of allylic oxidation sites excluding steroid dienone is 2. The molecule has 0 aliphatic heterocycles. The minimum absolute atomic E-state index is 0.0195. The van der Waals surface area contributed by atoms with Gasteiger partial charge in [-0.3, -0.25) is 0 Å². The molecule has 0 saturated heterocycles. The van der Waals surface area contributed by atoms with Gasteiger partial charge in [-0.25, -0.2) is 0 Å². The Balaban J connectivity index is 2.59. The zero-order valence-electron chi connectivity index (χ0n) is 15.3. The van der Waals surface area contributed by atoms with Crippen molar-refractivity contribution in [3.8, 4) is 0 Å². The van der Waals surface area contributed by atoms with E-state index in [0.717, 1.165) is 5.57 Å².